The van der Waals surface area contributed by atoms with E-state index < -0.39 is 0 Å². The van der Waals surface area contributed by atoms with Crippen molar-refractivity contribution in [2.45, 2.75) is 0 Å². The number of rotatable bonds is 6. The first-order valence-electron chi connectivity index (χ1n) is 17.3. The van der Waals surface area contributed by atoms with E-state index >= 15 is 0 Å². The van der Waals surface area contributed by atoms with Gasteiger partial charge >= 0.3 is 0 Å². The molecule has 0 aliphatic carbocycles. The van der Waals surface area contributed by atoms with Crippen molar-refractivity contribution in [1.29, 1.82) is 0 Å². The maximum atomic E-state index is 3.65. The van der Waals surface area contributed by atoms with Gasteiger partial charge < -0.3 is 9.88 Å². The molecule has 2 nitrogen and oxygen atoms in total. The number of benzene rings is 8. The third-order valence-electron chi connectivity index (χ3n) is 10.1. The summed E-state index contributed by atoms with van der Waals surface area (Å²) >= 11 is 1.88. The summed E-state index contributed by atoms with van der Waals surface area (Å²) in [6.07, 6.45) is 0. The molecule has 0 saturated carbocycles. The minimum Gasteiger partial charge on any atom is -0.354 e. The van der Waals surface area contributed by atoms with Gasteiger partial charge in [-0.05, 0) is 76.3 Å². The maximum absolute atomic E-state index is 3.65. The van der Waals surface area contributed by atoms with Gasteiger partial charge in [-0.1, -0.05) is 140 Å². The van der Waals surface area contributed by atoms with Crippen LogP contribution in [-0.4, -0.2) is 4.98 Å². The Bertz CT molecular complexity index is 2830. The Morgan fingerprint density at radius 3 is 1.61 bits per heavy atom. The highest BCUT2D eigenvalue weighted by molar-refractivity contribution is 7.26. The van der Waals surface area contributed by atoms with Crippen LogP contribution in [0.4, 0.5) is 17.1 Å². The Balaban J connectivity index is 0.966. The molecule has 3 heteroatoms. The first-order chi connectivity index (χ1) is 25.3. The van der Waals surface area contributed by atoms with E-state index in [1.165, 1.54) is 75.4 Å². The summed E-state index contributed by atoms with van der Waals surface area (Å²) in [5, 5.41) is 5.17. The summed E-state index contributed by atoms with van der Waals surface area (Å²) in [6, 6.07) is 67.9. The molecule has 0 spiro atoms. The molecule has 10 rings (SSSR count). The highest BCUT2D eigenvalue weighted by Crippen LogP contribution is 2.42. The van der Waals surface area contributed by atoms with Gasteiger partial charge in [0.25, 0.3) is 0 Å². The second-order valence-electron chi connectivity index (χ2n) is 13.0. The van der Waals surface area contributed by atoms with Gasteiger partial charge in [0.2, 0.25) is 0 Å². The van der Waals surface area contributed by atoms with Crippen LogP contribution in [0.1, 0.15) is 0 Å². The number of aromatic nitrogens is 1. The lowest BCUT2D eigenvalue weighted by Crippen LogP contribution is -2.09. The lowest BCUT2D eigenvalue weighted by Gasteiger charge is -2.26. The Hall–Kier alpha value is -6.42. The fourth-order valence-corrected chi connectivity index (χ4v) is 8.79. The van der Waals surface area contributed by atoms with E-state index in [1.54, 1.807) is 0 Å². The zero-order valence-corrected chi connectivity index (χ0v) is 28.6. The largest absolute Gasteiger partial charge is 0.354 e. The molecule has 51 heavy (non-hydrogen) atoms. The van der Waals surface area contributed by atoms with Crippen LogP contribution >= 0.6 is 11.3 Å². The Labute approximate surface area is 300 Å². The Morgan fingerprint density at radius 2 is 0.863 bits per heavy atom. The van der Waals surface area contributed by atoms with Gasteiger partial charge in [0.1, 0.15) is 0 Å². The van der Waals surface area contributed by atoms with Gasteiger partial charge in [-0.3, -0.25) is 0 Å². The predicted octanol–water partition coefficient (Wildman–Crippen LogP) is 14.2. The number of thiophene rings is 1. The summed E-state index contributed by atoms with van der Waals surface area (Å²) in [4.78, 5) is 5.99. The smallest absolute Gasteiger partial charge is 0.0544 e. The molecule has 0 unspecified atom stereocenters. The summed E-state index contributed by atoms with van der Waals surface area (Å²) in [7, 11) is 0. The lowest BCUT2D eigenvalue weighted by atomic mass is 9.98. The van der Waals surface area contributed by atoms with Crippen molar-refractivity contribution in [3.63, 3.8) is 0 Å². The number of anilines is 3. The van der Waals surface area contributed by atoms with E-state index in [4.69, 9.17) is 0 Å². The van der Waals surface area contributed by atoms with E-state index in [9.17, 15) is 0 Å². The van der Waals surface area contributed by atoms with Crippen LogP contribution in [-0.2, 0) is 0 Å². The van der Waals surface area contributed by atoms with Crippen LogP contribution in [0, 0.1) is 0 Å². The molecule has 0 saturated heterocycles. The van der Waals surface area contributed by atoms with Crippen molar-refractivity contribution in [2.75, 3.05) is 4.90 Å². The monoisotopic (exact) mass is 668 g/mol. The molecular weight excluding hydrogens is 637 g/mol. The average Bonchev–Trinajstić information content (AvgIpc) is 3.78. The molecule has 0 aliphatic heterocycles. The third kappa shape index (κ3) is 5.10. The molecule has 1 N–H and O–H groups in total. The fraction of sp³-hybridized carbons (Fsp3) is 0. The number of aromatic amines is 1. The van der Waals surface area contributed by atoms with Gasteiger partial charge in [0, 0.05) is 59.1 Å². The normalized spacial score (nSPS) is 11.5. The molecule has 8 aromatic carbocycles. The number of fused-ring (bicyclic) bond motifs is 6. The van der Waals surface area contributed by atoms with Gasteiger partial charge in [-0.2, -0.15) is 0 Å². The minimum absolute atomic E-state index is 1.12. The van der Waals surface area contributed by atoms with Crippen molar-refractivity contribution in [2.24, 2.45) is 0 Å². The van der Waals surface area contributed by atoms with Crippen molar-refractivity contribution in [3.8, 4) is 33.4 Å². The molecule has 0 radical (unpaired) electrons. The molecule has 240 valence electrons. The highest BCUT2D eigenvalue weighted by atomic mass is 32.1. The second-order valence-corrected chi connectivity index (χ2v) is 14.1. The number of nitrogens with zero attached hydrogens (tertiary/aromatic N) is 1. The van der Waals surface area contributed by atoms with E-state index in [-0.39, 0.29) is 0 Å². The first-order valence-corrected chi connectivity index (χ1v) is 18.2. The number of para-hydroxylation sites is 3. The highest BCUT2D eigenvalue weighted by Gasteiger charge is 2.15. The van der Waals surface area contributed by atoms with Crippen molar-refractivity contribution >= 4 is 70.4 Å². The zero-order chi connectivity index (χ0) is 33.7. The molecule has 0 amide bonds. The SMILES string of the molecule is c1ccc(N(c2ccc(-c3ccc(-c4cccc5c4[nH]c4ccccc45)cc3)cc2)c2ccc(-c3cccc4c3sc3ccccc34)cc2)cc1. The van der Waals surface area contributed by atoms with E-state index in [2.05, 4.69) is 198 Å². The Morgan fingerprint density at radius 1 is 0.353 bits per heavy atom. The van der Waals surface area contributed by atoms with Gasteiger partial charge in [-0.15, -0.1) is 11.3 Å². The van der Waals surface area contributed by atoms with Crippen LogP contribution in [0.15, 0.2) is 188 Å². The first kappa shape index (κ1) is 29.5. The van der Waals surface area contributed by atoms with Gasteiger partial charge in [-0.25, -0.2) is 0 Å². The lowest BCUT2D eigenvalue weighted by molar-refractivity contribution is 1.28. The van der Waals surface area contributed by atoms with Crippen molar-refractivity contribution < 1.29 is 0 Å². The molecule has 0 bridgehead atoms. The molecule has 0 aliphatic rings. The standard InChI is InChI=1S/C48H32N2S/c1-2-10-36(11-3-1)50(38-30-26-35(27-31-38)40-15-9-17-44-42-13-5-7-19-46(42)51-48(40)44)37-28-24-33(25-29-37)32-20-22-34(23-21-32)39-14-8-16-43-41-12-4-6-18-45(41)49-47(39)43/h1-31,49H. The molecule has 0 atom stereocenters. The Kier molecular flexibility index (Phi) is 7.04. The minimum atomic E-state index is 1.12. The molecule has 2 heterocycles. The average molecular weight is 669 g/mol. The predicted molar refractivity (Wildman–Crippen MR) is 220 cm³/mol. The van der Waals surface area contributed by atoms with Crippen LogP contribution in [0.25, 0.3) is 75.4 Å². The van der Waals surface area contributed by atoms with Crippen LogP contribution in [0.5, 0.6) is 0 Å². The molecular formula is C48H32N2S. The summed E-state index contributed by atoms with van der Waals surface area (Å²) in [6.45, 7) is 0. The van der Waals surface area contributed by atoms with Crippen molar-refractivity contribution in [3.05, 3.63) is 188 Å². The van der Waals surface area contributed by atoms with E-state index in [0.717, 1.165) is 17.1 Å². The zero-order valence-electron chi connectivity index (χ0n) is 27.8. The van der Waals surface area contributed by atoms with Gasteiger partial charge in [0.15, 0.2) is 0 Å². The quantitative estimate of drug-likeness (QED) is 0.187. The summed E-state index contributed by atoms with van der Waals surface area (Å²) < 4.78 is 2.67. The molecule has 10 aromatic rings. The van der Waals surface area contributed by atoms with E-state index in [0.29, 0.717) is 0 Å². The maximum Gasteiger partial charge on any atom is 0.0544 e. The summed E-state index contributed by atoms with van der Waals surface area (Å²) in [5.41, 5.74) is 13.0. The second kappa shape index (κ2) is 12.2. The number of hydrogen-bond donors (Lipinski definition) is 1. The number of nitrogens with one attached hydrogen (secondary N) is 1. The van der Waals surface area contributed by atoms with E-state index in [1.807, 2.05) is 11.3 Å². The third-order valence-corrected chi connectivity index (χ3v) is 11.3. The van der Waals surface area contributed by atoms with Crippen LogP contribution in [0.3, 0.4) is 0 Å². The molecule has 2 aromatic heterocycles. The van der Waals surface area contributed by atoms with Gasteiger partial charge in [0.05, 0.1) is 5.52 Å². The number of hydrogen-bond acceptors (Lipinski definition) is 2. The molecule has 0 fully saturated rings. The summed E-state index contributed by atoms with van der Waals surface area (Å²) in [5.74, 6) is 0. The van der Waals surface area contributed by atoms with Crippen LogP contribution in [0.2, 0.25) is 0 Å². The van der Waals surface area contributed by atoms with Crippen LogP contribution < -0.4 is 4.90 Å². The van der Waals surface area contributed by atoms with Crippen molar-refractivity contribution in [1.82, 2.24) is 4.98 Å². The topological polar surface area (TPSA) is 19.0 Å². The number of H-pyrrole nitrogens is 1. The fourth-order valence-electron chi connectivity index (χ4n) is 7.55.